The zero-order valence-corrected chi connectivity index (χ0v) is 16.2. The van der Waals surface area contributed by atoms with E-state index in [1.54, 1.807) is 18.3 Å². The Balaban J connectivity index is 1.28. The predicted molar refractivity (Wildman–Crippen MR) is 107 cm³/mol. The molecular formula is C20H23N5OS. The van der Waals surface area contributed by atoms with Crippen LogP contribution in [0.15, 0.2) is 48.0 Å². The molecule has 1 amide bonds. The smallest absolute Gasteiger partial charge is 0.225 e. The number of rotatable bonds is 8. The SMILES string of the molecule is CC(=O)N(c1nc(CNCc2ccn(Cc3ccccc3)n2)cs1)C1CC1. The van der Waals surface area contributed by atoms with E-state index in [0.717, 1.165) is 35.9 Å². The molecule has 0 saturated heterocycles. The maximum absolute atomic E-state index is 11.8. The number of nitrogens with zero attached hydrogens (tertiary/aromatic N) is 4. The summed E-state index contributed by atoms with van der Waals surface area (Å²) in [6, 6.07) is 12.7. The number of benzene rings is 1. The molecular weight excluding hydrogens is 358 g/mol. The lowest BCUT2D eigenvalue weighted by Crippen LogP contribution is -2.30. The van der Waals surface area contributed by atoms with Crippen molar-refractivity contribution < 1.29 is 4.79 Å². The van der Waals surface area contributed by atoms with Crippen LogP contribution in [0.1, 0.15) is 36.7 Å². The Labute approximate surface area is 162 Å². The van der Waals surface area contributed by atoms with Crippen molar-refractivity contribution in [3.05, 3.63) is 64.9 Å². The summed E-state index contributed by atoms with van der Waals surface area (Å²) in [6.07, 6.45) is 4.17. The quantitative estimate of drug-likeness (QED) is 0.651. The molecule has 0 unspecified atom stereocenters. The molecule has 3 aromatic rings. The highest BCUT2D eigenvalue weighted by Crippen LogP contribution is 2.33. The summed E-state index contributed by atoms with van der Waals surface area (Å²) in [5.74, 6) is 0.0790. The largest absolute Gasteiger partial charge is 0.305 e. The van der Waals surface area contributed by atoms with Crippen LogP contribution in [0, 0.1) is 0 Å². The first-order valence-electron chi connectivity index (χ1n) is 9.20. The summed E-state index contributed by atoms with van der Waals surface area (Å²) in [5.41, 5.74) is 3.20. The average molecular weight is 382 g/mol. The van der Waals surface area contributed by atoms with Crippen molar-refractivity contribution in [2.45, 2.75) is 45.4 Å². The van der Waals surface area contributed by atoms with E-state index in [1.165, 1.54) is 5.56 Å². The number of carbonyl (C=O) groups is 1. The molecule has 1 aliphatic carbocycles. The minimum Gasteiger partial charge on any atom is -0.305 e. The van der Waals surface area contributed by atoms with E-state index >= 15 is 0 Å². The van der Waals surface area contributed by atoms with Crippen LogP contribution in [0.3, 0.4) is 0 Å². The Bertz CT molecular complexity index is 900. The van der Waals surface area contributed by atoms with E-state index < -0.39 is 0 Å². The molecule has 0 spiro atoms. The molecule has 6 nitrogen and oxygen atoms in total. The average Bonchev–Trinajstić information content (AvgIpc) is 3.20. The van der Waals surface area contributed by atoms with Crippen molar-refractivity contribution in [1.82, 2.24) is 20.1 Å². The van der Waals surface area contributed by atoms with E-state index in [9.17, 15) is 4.79 Å². The standard InChI is InChI=1S/C20H23N5OS/c1-15(26)25(19-7-8-19)20-22-18(14-27-20)12-21-11-17-9-10-24(23-17)13-16-5-3-2-4-6-16/h2-6,9-10,14,19,21H,7-8,11-13H2,1H3. The third kappa shape index (κ3) is 4.61. The van der Waals surface area contributed by atoms with Crippen LogP contribution in [0.25, 0.3) is 0 Å². The lowest BCUT2D eigenvalue weighted by Gasteiger charge is -2.16. The maximum Gasteiger partial charge on any atom is 0.225 e. The Morgan fingerprint density at radius 2 is 2.00 bits per heavy atom. The van der Waals surface area contributed by atoms with Gasteiger partial charge in [0.2, 0.25) is 5.91 Å². The molecule has 2 heterocycles. The number of hydrogen-bond acceptors (Lipinski definition) is 5. The Morgan fingerprint density at radius 1 is 1.22 bits per heavy atom. The highest BCUT2D eigenvalue weighted by Gasteiger charge is 2.33. The van der Waals surface area contributed by atoms with Gasteiger partial charge in [-0.25, -0.2) is 4.98 Å². The summed E-state index contributed by atoms with van der Waals surface area (Å²) in [4.78, 5) is 18.3. The normalized spacial score (nSPS) is 13.7. The van der Waals surface area contributed by atoms with Crippen molar-refractivity contribution in [2.24, 2.45) is 0 Å². The van der Waals surface area contributed by atoms with E-state index in [2.05, 4.69) is 27.5 Å². The third-order valence-electron chi connectivity index (χ3n) is 4.49. The molecule has 140 valence electrons. The number of carbonyl (C=O) groups excluding carboxylic acids is 1. The van der Waals surface area contributed by atoms with E-state index in [4.69, 9.17) is 0 Å². The minimum atomic E-state index is 0.0790. The molecule has 0 radical (unpaired) electrons. The molecule has 1 N–H and O–H groups in total. The van der Waals surface area contributed by atoms with Gasteiger partial charge in [-0.05, 0) is 24.5 Å². The zero-order chi connectivity index (χ0) is 18.6. The van der Waals surface area contributed by atoms with Gasteiger partial charge in [0.15, 0.2) is 5.13 Å². The van der Waals surface area contributed by atoms with E-state index in [0.29, 0.717) is 19.1 Å². The summed E-state index contributed by atoms with van der Waals surface area (Å²) in [7, 11) is 0. The topological polar surface area (TPSA) is 63.1 Å². The zero-order valence-electron chi connectivity index (χ0n) is 15.3. The number of hydrogen-bond donors (Lipinski definition) is 1. The molecule has 0 atom stereocenters. The fraction of sp³-hybridized carbons (Fsp3) is 0.350. The number of aromatic nitrogens is 3. The first-order valence-corrected chi connectivity index (χ1v) is 10.1. The molecule has 1 aliphatic rings. The van der Waals surface area contributed by atoms with Gasteiger partial charge in [-0.2, -0.15) is 5.10 Å². The second-order valence-electron chi connectivity index (χ2n) is 6.84. The van der Waals surface area contributed by atoms with Crippen LogP contribution in [-0.2, 0) is 24.4 Å². The van der Waals surface area contributed by atoms with Crippen LogP contribution in [0.2, 0.25) is 0 Å². The van der Waals surface area contributed by atoms with Gasteiger partial charge in [0.1, 0.15) is 0 Å². The van der Waals surface area contributed by atoms with Crippen LogP contribution in [0.4, 0.5) is 5.13 Å². The number of thiazole rings is 1. The van der Waals surface area contributed by atoms with Crippen LogP contribution in [-0.4, -0.2) is 26.7 Å². The van der Waals surface area contributed by atoms with Gasteiger partial charge in [-0.15, -0.1) is 11.3 Å². The van der Waals surface area contributed by atoms with Crippen molar-refractivity contribution in [3.8, 4) is 0 Å². The minimum absolute atomic E-state index is 0.0790. The number of amides is 1. The predicted octanol–water partition coefficient (Wildman–Crippen LogP) is 3.19. The Morgan fingerprint density at radius 3 is 2.74 bits per heavy atom. The van der Waals surface area contributed by atoms with Gasteiger partial charge in [0, 0.05) is 37.6 Å². The van der Waals surface area contributed by atoms with Gasteiger partial charge < -0.3 is 5.32 Å². The molecule has 1 saturated carbocycles. The van der Waals surface area contributed by atoms with Gasteiger partial charge >= 0.3 is 0 Å². The van der Waals surface area contributed by atoms with Crippen molar-refractivity contribution in [2.75, 3.05) is 4.90 Å². The molecule has 1 aromatic carbocycles. The highest BCUT2D eigenvalue weighted by atomic mass is 32.1. The van der Waals surface area contributed by atoms with Gasteiger partial charge in [-0.3, -0.25) is 14.4 Å². The lowest BCUT2D eigenvalue weighted by molar-refractivity contribution is -0.116. The lowest BCUT2D eigenvalue weighted by atomic mass is 10.2. The first-order chi connectivity index (χ1) is 13.2. The summed E-state index contributed by atoms with van der Waals surface area (Å²) in [5, 5.41) is 10.8. The van der Waals surface area contributed by atoms with E-state index in [-0.39, 0.29) is 5.91 Å². The molecule has 0 bridgehead atoms. The molecule has 2 aromatic heterocycles. The Hall–Kier alpha value is -2.51. The fourth-order valence-corrected chi connectivity index (χ4v) is 3.98. The van der Waals surface area contributed by atoms with Gasteiger partial charge in [-0.1, -0.05) is 30.3 Å². The second kappa shape index (κ2) is 8.02. The molecule has 1 fully saturated rings. The van der Waals surface area contributed by atoms with Crippen LogP contribution < -0.4 is 10.2 Å². The van der Waals surface area contributed by atoms with Crippen molar-refractivity contribution >= 4 is 22.4 Å². The fourth-order valence-electron chi connectivity index (χ4n) is 3.04. The summed E-state index contributed by atoms with van der Waals surface area (Å²) < 4.78 is 1.95. The summed E-state index contributed by atoms with van der Waals surface area (Å²) in [6.45, 7) is 3.74. The van der Waals surface area contributed by atoms with Gasteiger partial charge in [0.25, 0.3) is 0 Å². The van der Waals surface area contributed by atoms with Gasteiger partial charge in [0.05, 0.1) is 17.9 Å². The van der Waals surface area contributed by atoms with Crippen LogP contribution in [0.5, 0.6) is 0 Å². The number of anilines is 1. The second-order valence-corrected chi connectivity index (χ2v) is 7.67. The summed E-state index contributed by atoms with van der Waals surface area (Å²) >= 11 is 1.54. The maximum atomic E-state index is 11.8. The molecule has 7 heteroatoms. The molecule has 4 rings (SSSR count). The van der Waals surface area contributed by atoms with E-state index in [1.807, 2.05) is 45.4 Å². The highest BCUT2D eigenvalue weighted by molar-refractivity contribution is 7.14. The third-order valence-corrected chi connectivity index (χ3v) is 5.38. The first kappa shape index (κ1) is 17.9. The molecule has 27 heavy (non-hydrogen) atoms. The number of nitrogens with one attached hydrogen (secondary N) is 1. The molecule has 0 aliphatic heterocycles. The van der Waals surface area contributed by atoms with Crippen LogP contribution >= 0.6 is 11.3 Å². The monoisotopic (exact) mass is 381 g/mol. The Kier molecular flexibility index (Phi) is 5.31. The van der Waals surface area contributed by atoms with Crippen molar-refractivity contribution in [3.63, 3.8) is 0 Å². The van der Waals surface area contributed by atoms with Crippen molar-refractivity contribution in [1.29, 1.82) is 0 Å².